The van der Waals surface area contributed by atoms with Crippen molar-refractivity contribution in [2.75, 3.05) is 26.7 Å². The van der Waals surface area contributed by atoms with Crippen LogP contribution in [-0.4, -0.2) is 55.6 Å². The van der Waals surface area contributed by atoms with Crippen LogP contribution in [-0.2, 0) is 20.9 Å². The molecule has 2 amide bonds. The number of carbonyl (C=O) groups is 2. The molecule has 2 atom stereocenters. The van der Waals surface area contributed by atoms with Crippen LogP contribution in [0.2, 0.25) is 0 Å². The van der Waals surface area contributed by atoms with Crippen LogP contribution in [0, 0.1) is 0 Å². The zero-order valence-corrected chi connectivity index (χ0v) is 16.3. The zero-order chi connectivity index (χ0) is 19.6. The second kappa shape index (κ2) is 10.9. The van der Waals surface area contributed by atoms with E-state index in [2.05, 4.69) is 5.32 Å². The second-order valence-corrected chi connectivity index (χ2v) is 6.83. The maximum absolute atomic E-state index is 12.9. The van der Waals surface area contributed by atoms with Crippen molar-refractivity contribution in [3.63, 3.8) is 0 Å². The van der Waals surface area contributed by atoms with Crippen LogP contribution < -0.4 is 15.8 Å². The summed E-state index contributed by atoms with van der Waals surface area (Å²) in [4.78, 5) is 26.4. The van der Waals surface area contributed by atoms with E-state index >= 15 is 0 Å². The normalized spacial score (nSPS) is 18.0. The number of rotatable bonds is 9. The summed E-state index contributed by atoms with van der Waals surface area (Å²) in [6.07, 6.45) is 2.68. The summed E-state index contributed by atoms with van der Waals surface area (Å²) in [5, 5.41) is 2.88. The Morgan fingerprint density at radius 2 is 2.19 bits per heavy atom. The summed E-state index contributed by atoms with van der Waals surface area (Å²) in [5.41, 5.74) is 6.36. The predicted octanol–water partition coefficient (Wildman–Crippen LogP) is 1.45. The first-order valence-electron chi connectivity index (χ1n) is 9.57. The monoisotopic (exact) mass is 377 g/mol. The van der Waals surface area contributed by atoms with Gasteiger partial charge in [-0.1, -0.05) is 12.1 Å². The van der Waals surface area contributed by atoms with Crippen LogP contribution in [0.15, 0.2) is 24.3 Å². The molecule has 7 nitrogen and oxygen atoms in total. The van der Waals surface area contributed by atoms with E-state index in [0.717, 1.165) is 30.6 Å². The van der Waals surface area contributed by atoms with E-state index in [1.54, 1.807) is 14.0 Å². The quantitative estimate of drug-likeness (QED) is 0.679. The Morgan fingerprint density at radius 1 is 1.37 bits per heavy atom. The summed E-state index contributed by atoms with van der Waals surface area (Å²) in [7, 11) is 1.62. The van der Waals surface area contributed by atoms with Crippen LogP contribution in [0.4, 0.5) is 0 Å². The van der Waals surface area contributed by atoms with Gasteiger partial charge in [0.1, 0.15) is 11.9 Å². The van der Waals surface area contributed by atoms with Gasteiger partial charge in [0.2, 0.25) is 5.91 Å². The number of hydrogen-bond acceptors (Lipinski definition) is 5. The highest BCUT2D eigenvalue weighted by atomic mass is 16.5. The first-order chi connectivity index (χ1) is 13.0. The first-order valence-corrected chi connectivity index (χ1v) is 9.57. The molecule has 1 aliphatic rings. The van der Waals surface area contributed by atoms with Gasteiger partial charge in [-0.15, -0.1) is 0 Å². The summed E-state index contributed by atoms with van der Waals surface area (Å²) >= 11 is 0. The molecule has 1 heterocycles. The van der Waals surface area contributed by atoms with Crippen LogP contribution >= 0.6 is 0 Å². The van der Waals surface area contributed by atoms with Crippen molar-refractivity contribution in [3.05, 3.63) is 29.8 Å². The van der Waals surface area contributed by atoms with Gasteiger partial charge in [-0.25, -0.2) is 0 Å². The smallest absolute Gasteiger partial charge is 0.251 e. The highest BCUT2D eigenvalue weighted by Gasteiger charge is 2.30. The molecule has 150 valence electrons. The predicted molar refractivity (Wildman–Crippen MR) is 103 cm³/mol. The van der Waals surface area contributed by atoms with Gasteiger partial charge in [0.05, 0.1) is 13.7 Å². The van der Waals surface area contributed by atoms with Gasteiger partial charge in [-0.2, -0.15) is 0 Å². The number of nitrogens with zero attached hydrogens (tertiary/aromatic N) is 1. The number of ether oxygens (including phenoxy) is 2. The molecule has 1 aliphatic heterocycles. The SMILES string of the molecule is COc1cccc(COC(C)C(=O)N2CCCCC2CNC(=O)CCN)c1. The lowest BCUT2D eigenvalue weighted by Gasteiger charge is -2.37. The summed E-state index contributed by atoms with van der Waals surface area (Å²) in [6.45, 7) is 3.61. The Hall–Kier alpha value is -2.12. The van der Waals surface area contributed by atoms with E-state index in [4.69, 9.17) is 15.2 Å². The van der Waals surface area contributed by atoms with Gasteiger partial charge in [-0.05, 0) is 43.9 Å². The molecular formula is C20H31N3O4. The van der Waals surface area contributed by atoms with E-state index in [1.165, 1.54) is 0 Å². The fourth-order valence-corrected chi connectivity index (χ4v) is 3.24. The third-order valence-electron chi connectivity index (χ3n) is 4.80. The Balaban J connectivity index is 1.89. The van der Waals surface area contributed by atoms with Crippen LogP contribution in [0.3, 0.4) is 0 Å². The molecule has 0 saturated carbocycles. The van der Waals surface area contributed by atoms with E-state index < -0.39 is 6.10 Å². The summed E-state index contributed by atoms with van der Waals surface area (Å²) in [6, 6.07) is 7.62. The number of nitrogens with one attached hydrogen (secondary N) is 1. The van der Waals surface area contributed by atoms with Crippen LogP contribution in [0.5, 0.6) is 5.75 Å². The largest absolute Gasteiger partial charge is 0.497 e. The van der Waals surface area contributed by atoms with Crippen molar-refractivity contribution in [2.45, 2.75) is 51.4 Å². The average Bonchev–Trinajstić information content (AvgIpc) is 2.70. The molecule has 3 N–H and O–H groups in total. The lowest BCUT2D eigenvalue weighted by atomic mass is 10.0. The maximum atomic E-state index is 12.9. The molecule has 2 unspecified atom stereocenters. The molecule has 0 aliphatic carbocycles. The van der Waals surface area contributed by atoms with Gasteiger partial charge in [0.15, 0.2) is 0 Å². The van der Waals surface area contributed by atoms with E-state index in [-0.39, 0.29) is 17.9 Å². The maximum Gasteiger partial charge on any atom is 0.251 e. The molecule has 0 radical (unpaired) electrons. The Labute approximate surface area is 161 Å². The van der Waals surface area contributed by atoms with Crippen molar-refractivity contribution in [1.29, 1.82) is 0 Å². The highest BCUT2D eigenvalue weighted by Crippen LogP contribution is 2.19. The number of methoxy groups -OCH3 is 1. The molecule has 1 fully saturated rings. The molecular weight excluding hydrogens is 346 g/mol. The number of hydrogen-bond donors (Lipinski definition) is 2. The summed E-state index contributed by atoms with van der Waals surface area (Å²) in [5.74, 6) is 0.660. The minimum absolute atomic E-state index is 0.0100. The van der Waals surface area contributed by atoms with Crippen molar-refractivity contribution in [3.8, 4) is 5.75 Å². The Kier molecular flexibility index (Phi) is 8.54. The van der Waals surface area contributed by atoms with Gasteiger partial charge in [0.25, 0.3) is 5.91 Å². The molecule has 7 heteroatoms. The minimum atomic E-state index is -0.545. The molecule has 1 aromatic rings. The number of benzene rings is 1. The van der Waals surface area contributed by atoms with Gasteiger partial charge in [0, 0.05) is 32.1 Å². The molecule has 27 heavy (non-hydrogen) atoms. The van der Waals surface area contributed by atoms with Crippen LogP contribution in [0.25, 0.3) is 0 Å². The number of likely N-dealkylation sites (tertiary alicyclic amines) is 1. The van der Waals surface area contributed by atoms with Gasteiger partial charge < -0.3 is 25.4 Å². The van der Waals surface area contributed by atoms with Crippen molar-refractivity contribution >= 4 is 11.8 Å². The number of nitrogens with two attached hydrogens (primary N) is 1. The minimum Gasteiger partial charge on any atom is -0.497 e. The molecule has 2 rings (SSSR count). The molecule has 0 aromatic heterocycles. The third-order valence-corrected chi connectivity index (χ3v) is 4.80. The van der Waals surface area contributed by atoms with Gasteiger partial charge >= 0.3 is 0 Å². The lowest BCUT2D eigenvalue weighted by Crippen LogP contribution is -2.52. The van der Waals surface area contributed by atoms with E-state index in [9.17, 15) is 9.59 Å². The zero-order valence-electron chi connectivity index (χ0n) is 16.3. The lowest BCUT2D eigenvalue weighted by molar-refractivity contribution is -0.147. The van der Waals surface area contributed by atoms with E-state index in [1.807, 2.05) is 29.2 Å². The average molecular weight is 377 g/mol. The molecule has 1 aromatic carbocycles. The Morgan fingerprint density at radius 3 is 2.93 bits per heavy atom. The molecule has 0 bridgehead atoms. The van der Waals surface area contributed by atoms with Gasteiger partial charge in [-0.3, -0.25) is 9.59 Å². The van der Waals surface area contributed by atoms with Crippen LogP contribution in [0.1, 0.15) is 38.2 Å². The van der Waals surface area contributed by atoms with Crippen molar-refractivity contribution in [1.82, 2.24) is 10.2 Å². The third kappa shape index (κ3) is 6.52. The number of piperidine rings is 1. The number of amides is 2. The summed E-state index contributed by atoms with van der Waals surface area (Å²) < 4.78 is 11.0. The second-order valence-electron chi connectivity index (χ2n) is 6.83. The highest BCUT2D eigenvalue weighted by molar-refractivity contribution is 5.81. The van der Waals surface area contributed by atoms with E-state index in [0.29, 0.717) is 32.7 Å². The fraction of sp³-hybridized carbons (Fsp3) is 0.600. The Bertz CT molecular complexity index is 623. The molecule has 1 saturated heterocycles. The van der Waals surface area contributed by atoms with Crippen molar-refractivity contribution < 1.29 is 19.1 Å². The van der Waals surface area contributed by atoms with Crippen molar-refractivity contribution in [2.24, 2.45) is 5.73 Å². The first kappa shape index (κ1) is 21.2. The molecule has 0 spiro atoms. The standard InChI is InChI=1S/C20H31N3O4/c1-15(27-14-16-6-5-8-18(12-16)26-2)20(25)23-11-4-3-7-17(23)13-22-19(24)9-10-21/h5-6,8,12,15,17H,3-4,7,9-11,13-14,21H2,1-2H3,(H,22,24). The number of carbonyl (C=O) groups excluding carboxylic acids is 2. The fourth-order valence-electron chi connectivity index (χ4n) is 3.24. The topological polar surface area (TPSA) is 93.9 Å².